The molecule has 0 aliphatic carbocycles. The van der Waals surface area contributed by atoms with Gasteiger partial charge in [0.15, 0.2) is 0 Å². The van der Waals surface area contributed by atoms with Crippen molar-refractivity contribution in [2.45, 2.75) is 26.2 Å². The van der Waals surface area contributed by atoms with Gasteiger partial charge in [-0.25, -0.2) is 9.10 Å². The van der Waals surface area contributed by atoms with Crippen LogP contribution in [0.4, 0.5) is 10.5 Å². The quantitative estimate of drug-likeness (QED) is 0.573. The Morgan fingerprint density at radius 1 is 1.50 bits per heavy atom. The second-order valence-corrected chi connectivity index (χ2v) is 4.72. The Kier molecular flexibility index (Phi) is 6.15. The highest BCUT2D eigenvalue weighted by Crippen LogP contribution is 2.31. The van der Waals surface area contributed by atoms with Crippen molar-refractivity contribution in [1.29, 1.82) is 0 Å². The van der Waals surface area contributed by atoms with Gasteiger partial charge in [0, 0.05) is 11.6 Å². The fourth-order valence-electron chi connectivity index (χ4n) is 1.42. The van der Waals surface area contributed by atoms with Crippen LogP contribution in [0.15, 0.2) is 18.2 Å². The second kappa shape index (κ2) is 7.38. The third kappa shape index (κ3) is 4.31. The van der Waals surface area contributed by atoms with Gasteiger partial charge in [0.2, 0.25) is 0 Å². The van der Waals surface area contributed by atoms with Crippen molar-refractivity contribution >= 4 is 36.1 Å². The lowest BCUT2D eigenvalue weighted by atomic mass is 10.2. The molecule has 0 aliphatic rings. The molecule has 0 fully saturated rings. The lowest BCUT2D eigenvalue weighted by Gasteiger charge is -2.17. The number of hydrogen-bond acceptors (Lipinski definition) is 3. The number of amides is 2. The first-order valence-corrected chi connectivity index (χ1v) is 6.59. The van der Waals surface area contributed by atoms with Gasteiger partial charge in [-0.3, -0.25) is 0 Å². The van der Waals surface area contributed by atoms with Gasteiger partial charge in [-0.1, -0.05) is 44.2 Å². The molecule has 0 saturated carbocycles. The highest BCUT2D eigenvalue weighted by atomic mass is 35.5. The van der Waals surface area contributed by atoms with E-state index in [9.17, 15) is 9.90 Å². The Morgan fingerprint density at radius 2 is 2.22 bits per heavy atom. The number of hydrogen-bond donors (Lipinski definition) is 3. The number of aromatic hydroxyl groups is 1. The Labute approximate surface area is 117 Å². The molecule has 0 unspecified atom stereocenters. The minimum Gasteiger partial charge on any atom is -0.506 e. The molecule has 4 nitrogen and oxygen atoms in total. The van der Waals surface area contributed by atoms with Crippen molar-refractivity contribution in [3.63, 3.8) is 0 Å². The molecular formula is C12H17ClN2O2S. The molecule has 1 aromatic rings. The molecule has 0 radical (unpaired) electrons. The van der Waals surface area contributed by atoms with Crippen LogP contribution in [0.25, 0.3) is 0 Å². The van der Waals surface area contributed by atoms with E-state index in [1.54, 1.807) is 6.07 Å². The van der Waals surface area contributed by atoms with Crippen LogP contribution in [0.1, 0.15) is 26.2 Å². The number of rotatable bonds is 5. The molecular weight excluding hydrogens is 272 g/mol. The number of carbonyl (C=O) groups is 1. The third-order valence-corrected chi connectivity index (χ3v) is 3.05. The number of phenolic OH excluding ortho intramolecular Hbond substituents is 1. The molecule has 0 aromatic heterocycles. The summed E-state index contributed by atoms with van der Waals surface area (Å²) in [5.74, 6) is -0.0434. The van der Waals surface area contributed by atoms with Gasteiger partial charge in [0.25, 0.3) is 0 Å². The normalized spacial score (nSPS) is 10.2. The van der Waals surface area contributed by atoms with E-state index < -0.39 is 0 Å². The summed E-state index contributed by atoms with van der Waals surface area (Å²) in [5, 5.41) is 12.8. The lowest BCUT2D eigenvalue weighted by Crippen LogP contribution is -2.34. The monoisotopic (exact) mass is 288 g/mol. The highest BCUT2D eigenvalue weighted by Gasteiger charge is 2.15. The largest absolute Gasteiger partial charge is 0.506 e. The second-order valence-electron chi connectivity index (χ2n) is 3.88. The average molecular weight is 289 g/mol. The minimum atomic E-state index is -0.382. The molecule has 0 atom stereocenters. The maximum absolute atomic E-state index is 11.8. The van der Waals surface area contributed by atoms with Gasteiger partial charge in [0.1, 0.15) is 11.4 Å². The fourth-order valence-corrected chi connectivity index (χ4v) is 1.82. The number of urea groups is 1. The fraction of sp³-hybridized carbons (Fsp3) is 0.417. The number of unbranched alkanes of at least 4 members (excludes halogenated alkanes) is 2. The van der Waals surface area contributed by atoms with Crippen LogP contribution in [-0.2, 0) is 0 Å². The van der Waals surface area contributed by atoms with E-state index in [2.05, 4.69) is 25.1 Å². The third-order valence-electron chi connectivity index (χ3n) is 2.41. The summed E-state index contributed by atoms with van der Waals surface area (Å²) < 4.78 is 1.05. The van der Waals surface area contributed by atoms with E-state index >= 15 is 0 Å². The molecule has 0 spiro atoms. The molecule has 1 aromatic carbocycles. The molecule has 0 heterocycles. The van der Waals surface area contributed by atoms with Gasteiger partial charge >= 0.3 is 6.03 Å². The van der Waals surface area contributed by atoms with Crippen molar-refractivity contribution in [1.82, 2.24) is 5.32 Å². The van der Waals surface area contributed by atoms with Gasteiger partial charge < -0.3 is 10.4 Å². The molecule has 2 amide bonds. The molecule has 2 N–H and O–H groups in total. The van der Waals surface area contributed by atoms with Gasteiger partial charge in [-0.05, 0) is 24.6 Å². The Morgan fingerprint density at radius 3 is 2.89 bits per heavy atom. The first-order chi connectivity index (χ1) is 8.56. The van der Waals surface area contributed by atoms with E-state index in [0.29, 0.717) is 11.6 Å². The van der Waals surface area contributed by atoms with E-state index in [0.717, 1.165) is 23.6 Å². The van der Waals surface area contributed by atoms with E-state index in [-0.39, 0.29) is 17.5 Å². The summed E-state index contributed by atoms with van der Waals surface area (Å²) in [7, 11) is 0. The first-order valence-electron chi connectivity index (χ1n) is 5.81. The summed E-state index contributed by atoms with van der Waals surface area (Å²) >= 11 is 9.87. The van der Waals surface area contributed by atoms with E-state index in [1.165, 1.54) is 12.1 Å². The van der Waals surface area contributed by atoms with Crippen LogP contribution in [0.3, 0.4) is 0 Å². The topological polar surface area (TPSA) is 52.6 Å². The van der Waals surface area contributed by atoms with Crippen molar-refractivity contribution < 1.29 is 9.90 Å². The Balaban J connectivity index is 2.60. The summed E-state index contributed by atoms with van der Waals surface area (Å²) in [4.78, 5) is 11.8. The van der Waals surface area contributed by atoms with Crippen LogP contribution in [0.2, 0.25) is 5.02 Å². The molecule has 0 aliphatic heterocycles. The summed E-state index contributed by atoms with van der Waals surface area (Å²) in [6.45, 7) is 2.68. The van der Waals surface area contributed by atoms with Crippen molar-refractivity contribution in [2.24, 2.45) is 0 Å². The summed E-state index contributed by atoms with van der Waals surface area (Å²) in [5.41, 5.74) is 0.263. The zero-order chi connectivity index (χ0) is 13.5. The number of nitrogens with zero attached hydrogens (tertiary/aromatic N) is 1. The molecule has 1 rings (SSSR count). The molecule has 100 valence electrons. The number of nitrogens with one attached hydrogen (secondary N) is 1. The van der Waals surface area contributed by atoms with Crippen LogP contribution in [-0.4, -0.2) is 17.7 Å². The standard InChI is InChI=1S/C12H17ClN2O2S/c1-2-3-4-7-14-12(17)15(18)10-8-9(13)5-6-11(10)16/h5-6,8,16,18H,2-4,7H2,1H3,(H,14,17). The first kappa shape index (κ1) is 15.0. The van der Waals surface area contributed by atoms with Crippen LogP contribution < -0.4 is 9.62 Å². The zero-order valence-corrected chi connectivity index (χ0v) is 11.8. The highest BCUT2D eigenvalue weighted by molar-refractivity contribution is 7.82. The maximum Gasteiger partial charge on any atom is 0.332 e. The smallest absolute Gasteiger partial charge is 0.332 e. The molecule has 18 heavy (non-hydrogen) atoms. The average Bonchev–Trinajstić information content (AvgIpc) is 2.36. The SMILES string of the molecule is CCCCCNC(=O)N(S)c1cc(Cl)ccc1O. The van der Waals surface area contributed by atoms with Gasteiger partial charge in [-0.15, -0.1) is 0 Å². The molecule has 0 bridgehead atoms. The predicted octanol–water partition coefficient (Wildman–Crippen LogP) is 3.60. The maximum atomic E-state index is 11.8. The van der Waals surface area contributed by atoms with Gasteiger partial charge in [0.05, 0.1) is 0 Å². The van der Waals surface area contributed by atoms with E-state index in [4.69, 9.17) is 11.6 Å². The number of anilines is 1. The number of carbonyl (C=O) groups excluding carboxylic acids is 1. The number of halogens is 1. The molecule has 6 heteroatoms. The summed E-state index contributed by atoms with van der Waals surface area (Å²) in [6.07, 6.45) is 3.08. The number of phenols is 1. The minimum absolute atomic E-state index is 0.0434. The van der Waals surface area contributed by atoms with Crippen molar-refractivity contribution in [3.8, 4) is 5.75 Å². The van der Waals surface area contributed by atoms with Crippen LogP contribution in [0.5, 0.6) is 5.75 Å². The molecule has 0 saturated heterocycles. The number of benzene rings is 1. The Hall–Kier alpha value is -1.07. The lowest BCUT2D eigenvalue weighted by molar-refractivity contribution is 0.249. The number of thiol groups is 1. The van der Waals surface area contributed by atoms with Crippen LogP contribution in [0, 0.1) is 0 Å². The zero-order valence-electron chi connectivity index (χ0n) is 10.2. The van der Waals surface area contributed by atoms with Crippen LogP contribution >= 0.6 is 24.4 Å². The Bertz CT molecular complexity index is 415. The van der Waals surface area contributed by atoms with E-state index in [1.807, 2.05) is 0 Å². The van der Waals surface area contributed by atoms with Crippen molar-refractivity contribution in [3.05, 3.63) is 23.2 Å². The van der Waals surface area contributed by atoms with Crippen molar-refractivity contribution in [2.75, 3.05) is 10.8 Å². The predicted molar refractivity (Wildman–Crippen MR) is 77.5 cm³/mol. The summed E-state index contributed by atoms with van der Waals surface area (Å²) in [6, 6.07) is 4.06. The van der Waals surface area contributed by atoms with Gasteiger partial charge in [-0.2, -0.15) is 0 Å².